The summed E-state index contributed by atoms with van der Waals surface area (Å²) < 4.78 is 5.55. The van der Waals surface area contributed by atoms with Crippen molar-refractivity contribution in [2.24, 2.45) is 0 Å². The Bertz CT molecular complexity index is 151. The van der Waals surface area contributed by atoms with E-state index in [-0.39, 0.29) is 0 Å². The molecule has 1 saturated heterocycles. The molecule has 0 aromatic rings. The second-order valence-corrected chi connectivity index (χ2v) is 4.02. The van der Waals surface area contributed by atoms with Crippen LogP contribution in [-0.2, 0) is 4.74 Å². The van der Waals surface area contributed by atoms with Gasteiger partial charge in [-0.2, -0.15) is 0 Å². The second-order valence-electron chi connectivity index (χ2n) is 4.02. The van der Waals surface area contributed by atoms with Crippen LogP contribution in [0.15, 0.2) is 0 Å². The Balaban J connectivity index is 1.70. The maximum Gasteiger partial charge on any atom is 0.0880 e. The molecule has 0 spiro atoms. The van der Waals surface area contributed by atoms with Gasteiger partial charge in [-0.15, -0.1) is 0 Å². The van der Waals surface area contributed by atoms with Gasteiger partial charge in [-0.3, -0.25) is 0 Å². The largest absolute Gasteiger partial charge is 0.387 e. The summed E-state index contributed by atoms with van der Waals surface area (Å²) in [5.41, 5.74) is -0.490. The van der Waals surface area contributed by atoms with Gasteiger partial charge in [-0.05, 0) is 12.8 Å². The Morgan fingerprint density at radius 1 is 1.33 bits per heavy atom. The summed E-state index contributed by atoms with van der Waals surface area (Å²) in [6.07, 6.45) is 4.51. The maximum absolute atomic E-state index is 9.91. The summed E-state index contributed by atoms with van der Waals surface area (Å²) in [6, 6.07) is 0. The van der Waals surface area contributed by atoms with E-state index in [1.165, 1.54) is 0 Å². The highest BCUT2D eigenvalue weighted by atomic mass is 16.5. The molecule has 2 rings (SSSR count). The molecule has 70 valence electrons. The molecular formula is C9H17NO2. The Morgan fingerprint density at radius 3 is 2.50 bits per heavy atom. The van der Waals surface area contributed by atoms with Crippen molar-refractivity contribution in [3.05, 3.63) is 0 Å². The predicted octanol–water partition coefficient (Wildman–Crippen LogP) is 0.280. The van der Waals surface area contributed by atoms with Crippen molar-refractivity contribution in [1.29, 1.82) is 0 Å². The van der Waals surface area contributed by atoms with Crippen molar-refractivity contribution in [3.63, 3.8) is 0 Å². The van der Waals surface area contributed by atoms with Gasteiger partial charge in [0.2, 0.25) is 0 Å². The van der Waals surface area contributed by atoms with Crippen LogP contribution in [0.1, 0.15) is 25.7 Å². The van der Waals surface area contributed by atoms with Crippen molar-refractivity contribution in [2.75, 3.05) is 19.7 Å². The molecule has 1 aliphatic heterocycles. The normalized spacial score (nSPS) is 28.8. The fourth-order valence-electron chi connectivity index (χ4n) is 1.83. The van der Waals surface area contributed by atoms with Crippen LogP contribution in [0.25, 0.3) is 0 Å². The lowest BCUT2D eigenvalue weighted by atomic mass is 10.0. The maximum atomic E-state index is 9.91. The van der Waals surface area contributed by atoms with Crippen LogP contribution in [0, 0.1) is 0 Å². The molecule has 0 aromatic carbocycles. The highest BCUT2D eigenvalue weighted by Crippen LogP contribution is 2.29. The standard InChI is InChI=1S/C9H17NO2/c11-9(3-1-2-4-9)7-12-8-5-10-6-8/h8,10-11H,1-7H2. The molecule has 0 amide bonds. The average Bonchev–Trinajstić information content (AvgIpc) is 2.33. The smallest absolute Gasteiger partial charge is 0.0880 e. The fourth-order valence-corrected chi connectivity index (χ4v) is 1.83. The van der Waals surface area contributed by atoms with Crippen LogP contribution in [0.2, 0.25) is 0 Å². The molecule has 2 N–H and O–H groups in total. The third kappa shape index (κ3) is 1.79. The van der Waals surface area contributed by atoms with E-state index in [9.17, 15) is 5.11 Å². The summed E-state index contributed by atoms with van der Waals surface area (Å²) in [4.78, 5) is 0. The number of hydrogen-bond acceptors (Lipinski definition) is 3. The molecule has 0 unspecified atom stereocenters. The Kier molecular flexibility index (Phi) is 2.35. The molecule has 2 fully saturated rings. The molecule has 0 aromatic heterocycles. The van der Waals surface area contributed by atoms with Crippen molar-refractivity contribution >= 4 is 0 Å². The second kappa shape index (κ2) is 3.32. The Hall–Kier alpha value is -0.120. The minimum absolute atomic E-state index is 0.356. The monoisotopic (exact) mass is 171 g/mol. The highest BCUT2D eigenvalue weighted by molar-refractivity contribution is 4.85. The average molecular weight is 171 g/mol. The lowest BCUT2D eigenvalue weighted by molar-refractivity contribution is -0.0810. The number of ether oxygens (including phenoxy) is 1. The zero-order valence-electron chi connectivity index (χ0n) is 7.38. The molecule has 3 heteroatoms. The quantitative estimate of drug-likeness (QED) is 0.641. The molecular weight excluding hydrogens is 154 g/mol. The number of hydrogen-bond donors (Lipinski definition) is 2. The van der Waals surface area contributed by atoms with Gasteiger partial charge in [-0.25, -0.2) is 0 Å². The van der Waals surface area contributed by atoms with E-state index in [1.807, 2.05) is 0 Å². The van der Waals surface area contributed by atoms with Crippen LogP contribution in [0.3, 0.4) is 0 Å². The van der Waals surface area contributed by atoms with Gasteiger partial charge < -0.3 is 15.2 Å². The third-order valence-corrected chi connectivity index (χ3v) is 2.87. The van der Waals surface area contributed by atoms with E-state index in [0.717, 1.165) is 38.8 Å². The fraction of sp³-hybridized carbons (Fsp3) is 1.00. The molecule has 2 aliphatic rings. The molecule has 1 saturated carbocycles. The van der Waals surface area contributed by atoms with E-state index in [2.05, 4.69) is 5.32 Å². The van der Waals surface area contributed by atoms with Gasteiger partial charge in [0.15, 0.2) is 0 Å². The first-order chi connectivity index (χ1) is 5.79. The van der Waals surface area contributed by atoms with Crippen molar-refractivity contribution in [2.45, 2.75) is 37.4 Å². The van der Waals surface area contributed by atoms with Crippen molar-refractivity contribution < 1.29 is 9.84 Å². The summed E-state index contributed by atoms with van der Waals surface area (Å²) in [6.45, 7) is 2.45. The van der Waals surface area contributed by atoms with E-state index >= 15 is 0 Å². The number of aliphatic hydroxyl groups is 1. The minimum atomic E-state index is -0.490. The van der Waals surface area contributed by atoms with Crippen LogP contribution in [-0.4, -0.2) is 36.5 Å². The van der Waals surface area contributed by atoms with Crippen LogP contribution >= 0.6 is 0 Å². The molecule has 1 heterocycles. The van der Waals surface area contributed by atoms with E-state index < -0.39 is 5.60 Å². The molecule has 0 atom stereocenters. The number of rotatable bonds is 3. The van der Waals surface area contributed by atoms with Crippen molar-refractivity contribution in [3.8, 4) is 0 Å². The van der Waals surface area contributed by atoms with Gasteiger partial charge in [-0.1, -0.05) is 12.8 Å². The van der Waals surface area contributed by atoms with Crippen LogP contribution in [0.4, 0.5) is 0 Å². The minimum Gasteiger partial charge on any atom is -0.387 e. The zero-order valence-corrected chi connectivity index (χ0v) is 7.38. The Labute approximate surface area is 73.1 Å². The van der Waals surface area contributed by atoms with E-state index in [1.54, 1.807) is 0 Å². The van der Waals surface area contributed by atoms with Gasteiger partial charge >= 0.3 is 0 Å². The lowest BCUT2D eigenvalue weighted by Gasteiger charge is -2.31. The van der Waals surface area contributed by atoms with Gasteiger partial charge in [0, 0.05) is 13.1 Å². The summed E-state index contributed by atoms with van der Waals surface area (Å²) in [7, 11) is 0. The van der Waals surface area contributed by atoms with E-state index in [0.29, 0.717) is 12.7 Å². The van der Waals surface area contributed by atoms with Gasteiger partial charge in [0.05, 0.1) is 18.3 Å². The Morgan fingerprint density at radius 2 is 2.00 bits per heavy atom. The van der Waals surface area contributed by atoms with Crippen LogP contribution < -0.4 is 5.32 Å². The van der Waals surface area contributed by atoms with E-state index in [4.69, 9.17) is 4.74 Å². The SMILES string of the molecule is OC1(COC2CNC2)CCCC1. The highest BCUT2D eigenvalue weighted by Gasteiger charge is 2.32. The van der Waals surface area contributed by atoms with Gasteiger partial charge in [0.25, 0.3) is 0 Å². The molecule has 0 bridgehead atoms. The first-order valence-corrected chi connectivity index (χ1v) is 4.83. The van der Waals surface area contributed by atoms with Crippen molar-refractivity contribution in [1.82, 2.24) is 5.32 Å². The van der Waals surface area contributed by atoms with Gasteiger partial charge in [0.1, 0.15) is 0 Å². The first kappa shape index (κ1) is 8.48. The molecule has 1 aliphatic carbocycles. The topological polar surface area (TPSA) is 41.5 Å². The summed E-state index contributed by atoms with van der Waals surface area (Å²) >= 11 is 0. The number of nitrogens with one attached hydrogen (secondary N) is 1. The summed E-state index contributed by atoms with van der Waals surface area (Å²) in [5, 5.41) is 13.1. The predicted molar refractivity (Wildman–Crippen MR) is 46.0 cm³/mol. The molecule has 3 nitrogen and oxygen atoms in total. The summed E-state index contributed by atoms with van der Waals surface area (Å²) in [5.74, 6) is 0. The third-order valence-electron chi connectivity index (χ3n) is 2.87. The molecule has 12 heavy (non-hydrogen) atoms. The lowest BCUT2D eigenvalue weighted by Crippen LogP contribution is -2.50. The zero-order chi connectivity index (χ0) is 8.44. The molecule has 0 radical (unpaired) electrons. The first-order valence-electron chi connectivity index (χ1n) is 4.83. The van der Waals surface area contributed by atoms with Crippen LogP contribution in [0.5, 0.6) is 0 Å².